The fourth-order valence-electron chi connectivity index (χ4n) is 9.63. The van der Waals surface area contributed by atoms with Crippen LogP contribution in [0.25, 0.3) is 50.0 Å². The molecule has 7 aromatic carbocycles. The molecule has 0 amide bonds. The van der Waals surface area contributed by atoms with E-state index < -0.39 is 8.07 Å². The molecule has 1 aliphatic rings. The van der Waals surface area contributed by atoms with Crippen molar-refractivity contribution < 1.29 is 4.74 Å². The Morgan fingerprint density at radius 3 is 2.02 bits per heavy atom. The lowest BCUT2D eigenvalue weighted by molar-refractivity contribution is 0.421. The third-order valence-corrected chi connectivity index (χ3v) is 17.1. The van der Waals surface area contributed by atoms with Gasteiger partial charge in [-0.25, -0.2) is 9.97 Å². The molecule has 3 aromatic heterocycles. The van der Waals surface area contributed by atoms with E-state index in [0.29, 0.717) is 0 Å². The van der Waals surface area contributed by atoms with Crippen LogP contribution in [0.2, 0.25) is 0 Å². The maximum atomic E-state index is 6.96. The number of imidazole rings is 1. The van der Waals surface area contributed by atoms with Crippen LogP contribution in [0, 0.1) is 0 Å². The molecule has 10 aromatic rings. The van der Waals surface area contributed by atoms with Gasteiger partial charge in [0.15, 0.2) is 13.8 Å². The molecule has 0 spiro atoms. The summed E-state index contributed by atoms with van der Waals surface area (Å²) < 4.78 is 11.5. The van der Waals surface area contributed by atoms with Gasteiger partial charge in [-0.05, 0) is 63.2 Å². The Bertz CT molecular complexity index is 3160. The molecule has 6 heteroatoms. The van der Waals surface area contributed by atoms with E-state index in [2.05, 4.69) is 206 Å². The molecule has 58 heavy (non-hydrogen) atoms. The van der Waals surface area contributed by atoms with Gasteiger partial charge in [0.25, 0.3) is 0 Å². The third-order valence-electron chi connectivity index (χ3n) is 12.4. The Hall–Kier alpha value is -7.02. The highest BCUT2D eigenvalue weighted by molar-refractivity contribution is 7.20. The summed E-state index contributed by atoms with van der Waals surface area (Å²) in [5, 5.41) is 7.38. The predicted octanol–water partition coefficient (Wildman–Crippen LogP) is 9.54. The summed E-state index contributed by atoms with van der Waals surface area (Å²) in [5.41, 5.74) is 8.26. The van der Waals surface area contributed by atoms with Gasteiger partial charge >= 0.3 is 0 Å². The minimum atomic E-state index is -3.00. The van der Waals surface area contributed by atoms with Crippen LogP contribution in [-0.2, 0) is 12.5 Å². The summed E-state index contributed by atoms with van der Waals surface area (Å²) in [7, 11) is -0.888. The maximum absolute atomic E-state index is 6.96. The van der Waals surface area contributed by atoms with Gasteiger partial charge in [-0.15, -0.1) is 0 Å². The van der Waals surface area contributed by atoms with E-state index in [9.17, 15) is 0 Å². The average molecular weight is 765 g/mol. The van der Waals surface area contributed by atoms with Gasteiger partial charge in [0.05, 0.1) is 16.6 Å². The highest BCUT2D eigenvalue weighted by Gasteiger charge is 2.42. The summed E-state index contributed by atoms with van der Waals surface area (Å²) in [4.78, 5) is 10.2. The van der Waals surface area contributed by atoms with E-state index in [1.807, 2.05) is 12.3 Å². The van der Waals surface area contributed by atoms with Crippen molar-refractivity contribution in [2.75, 3.05) is 0 Å². The van der Waals surface area contributed by atoms with Gasteiger partial charge in [-0.2, -0.15) is 0 Å². The number of benzene rings is 7. The number of fused-ring (bicyclic) bond motifs is 7. The van der Waals surface area contributed by atoms with Gasteiger partial charge in [0.1, 0.15) is 17.2 Å². The quantitative estimate of drug-likeness (QED) is 0.125. The number of aryl methyl sites for hydroxylation is 1. The lowest BCUT2D eigenvalue weighted by Crippen LogP contribution is -2.74. The Morgan fingerprint density at radius 1 is 0.569 bits per heavy atom. The molecule has 0 unspecified atom stereocenters. The summed E-state index contributed by atoms with van der Waals surface area (Å²) in [6.45, 7) is 4.60. The predicted molar refractivity (Wildman–Crippen MR) is 241 cm³/mol. The molecule has 0 bridgehead atoms. The minimum Gasteiger partial charge on any atom is -0.454 e. The fourth-order valence-corrected chi connectivity index (χ4v) is 14.4. The highest BCUT2D eigenvalue weighted by atomic mass is 28.3. The number of para-hydroxylation sites is 3. The number of nitrogens with zero attached hydrogens (tertiary/aromatic N) is 4. The van der Waals surface area contributed by atoms with Crippen LogP contribution in [0.5, 0.6) is 11.5 Å². The summed E-state index contributed by atoms with van der Waals surface area (Å²) in [6.07, 6.45) is 1.90. The van der Waals surface area contributed by atoms with Gasteiger partial charge < -0.3 is 9.30 Å². The average Bonchev–Trinajstić information content (AvgIpc) is 3.80. The normalized spacial score (nSPS) is 13.4. The maximum Gasteiger partial charge on any atom is 0.179 e. The SMILES string of the molecule is Cn1c(-c2cccc([Si](c3ccccc3)(c3ccccc3)c3cccc(-n4c5ncccc5c5ccc6c(c54)Oc4ccccc4C6(C)C)c3)c2)nc2ccccc21. The number of hydrogen-bond acceptors (Lipinski definition) is 3. The first-order valence-electron chi connectivity index (χ1n) is 19.9. The Labute approximate surface area is 338 Å². The number of aromatic nitrogens is 4. The van der Waals surface area contributed by atoms with E-state index in [4.69, 9.17) is 14.7 Å². The lowest BCUT2D eigenvalue weighted by atomic mass is 9.75. The van der Waals surface area contributed by atoms with Gasteiger partial charge in [-0.1, -0.05) is 153 Å². The molecule has 0 radical (unpaired) electrons. The largest absolute Gasteiger partial charge is 0.454 e. The molecule has 0 N–H and O–H groups in total. The molecule has 0 atom stereocenters. The second-order valence-corrected chi connectivity index (χ2v) is 19.7. The van der Waals surface area contributed by atoms with Gasteiger partial charge in [0, 0.05) is 51.8 Å². The lowest BCUT2D eigenvalue weighted by Gasteiger charge is -2.35. The van der Waals surface area contributed by atoms with E-state index in [0.717, 1.165) is 67.1 Å². The second-order valence-electron chi connectivity index (χ2n) is 15.9. The molecule has 1 aliphatic heterocycles. The second kappa shape index (κ2) is 13.0. The first-order chi connectivity index (χ1) is 28.4. The monoisotopic (exact) mass is 764 g/mol. The molecular formula is C52H40N4OSi. The molecule has 0 saturated carbocycles. The fraction of sp³-hybridized carbons (Fsp3) is 0.0769. The van der Waals surface area contributed by atoms with Gasteiger partial charge in [0.2, 0.25) is 0 Å². The van der Waals surface area contributed by atoms with Crippen molar-refractivity contribution in [3.8, 4) is 28.6 Å². The van der Waals surface area contributed by atoms with Crippen molar-refractivity contribution >= 4 is 61.8 Å². The molecule has 5 nitrogen and oxygen atoms in total. The molecular weight excluding hydrogens is 725 g/mol. The van der Waals surface area contributed by atoms with Crippen LogP contribution in [0.3, 0.4) is 0 Å². The molecule has 278 valence electrons. The molecule has 0 saturated heterocycles. The summed E-state index contributed by atoms with van der Waals surface area (Å²) >= 11 is 0. The smallest absolute Gasteiger partial charge is 0.179 e. The van der Waals surface area contributed by atoms with E-state index in [1.54, 1.807) is 0 Å². The molecule has 0 aliphatic carbocycles. The molecule has 0 fully saturated rings. The molecule has 4 heterocycles. The van der Waals surface area contributed by atoms with E-state index >= 15 is 0 Å². The van der Waals surface area contributed by atoms with Crippen LogP contribution in [0.1, 0.15) is 25.0 Å². The number of hydrogen-bond donors (Lipinski definition) is 0. The van der Waals surface area contributed by atoms with Crippen LogP contribution in [-0.4, -0.2) is 27.2 Å². The zero-order chi connectivity index (χ0) is 39.0. The van der Waals surface area contributed by atoms with Crippen molar-refractivity contribution in [3.63, 3.8) is 0 Å². The van der Waals surface area contributed by atoms with Crippen molar-refractivity contribution in [2.45, 2.75) is 19.3 Å². The number of pyridine rings is 1. The first-order valence-corrected chi connectivity index (χ1v) is 21.9. The first kappa shape index (κ1) is 34.2. The van der Waals surface area contributed by atoms with Crippen molar-refractivity contribution in [1.29, 1.82) is 0 Å². The van der Waals surface area contributed by atoms with Crippen molar-refractivity contribution in [2.24, 2.45) is 7.05 Å². The Kier molecular flexibility index (Phi) is 7.68. The zero-order valence-electron chi connectivity index (χ0n) is 32.6. The van der Waals surface area contributed by atoms with E-state index in [1.165, 1.54) is 26.3 Å². The standard InChI is InChI=1S/C52H40N4OSi/c1-52(2)43-26-10-13-29-47(43)57-49-44(52)31-30-41-42-25-16-32-53-51(42)56(48(41)49)36-18-15-24-40(34-36)58(37-19-6-4-7-20-37,38-21-8-5-9-22-38)39-23-14-17-35(33-39)50-54-45-27-11-12-28-46(45)55(50)3/h4-34H,1-3H3. The van der Waals surface area contributed by atoms with Crippen molar-refractivity contribution in [3.05, 3.63) is 199 Å². The molecule has 11 rings (SSSR count). The zero-order valence-corrected chi connectivity index (χ0v) is 33.6. The van der Waals surface area contributed by atoms with Crippen molar-refractivity contribution in [1.82, 2.24) is 19.1 Å². The Morgan fingerprint density at radius 2 is 1.24 bits per heavy atom. The van der Waals surface area contributed by atoms with E-state index in [-0.39, 0.29) is 5.41 Å². The van der Waals surface area contributed by atoms with Crippen LogP contribution < -0.4 is 25.5 Å². The van der Waals surface area contributed by atoms with Crippen LogP contribution in [0.15, 0.2) is 188 Å². The summed E-state index contributed by atoms with van der Waals surface area (Å²) in [5.74, 6) is 2.73. The Balaban J connectivity index is 1.20. The third kappa shape index (κ3) is 4.95. The topological polar surface area (TPSA) is 44.9 Å². The number of rotatable bonds is 6. The van der Waals surface area contributed by atoms with Crippen LogP contribution in [0.4, 0.5) is 0 Å². The highest BCUT2D eigenvalue weighted by Crippen LogP contribution is 2.51. The summed E-state index contributed by atoms with van der Waals surface area (Å²) in [6, 6.07) is 66.1. The van der Waals surface area contributed by atoms with Gasteiger partial charge in [-0.3, -0.25) is 4.57 Å². The number of ether oxygens (including phenoxy) is 1. The van der Waals surface area contributed by atoms with Crippen LogP contribution >= 0.6 is 0 Å². The minimum absolute atomic E-state index is 0.262.